The van der Waals surface area contributed by atoms with Gasteiger partial charge >= 0.3 is 0 Å². The summed E-state index contributed by atoms with van der Waals surface area (Å²) in [6, 6.07) is 3.81. The van der Waals surface area contributed by atoms with Crippen LogP contribution in [0.5, 0.6) is 5.88 Å². The summed E-state index contributed by atoms with van der Waals surface area (Å²) in [7, 11) is 1.54. The van der Waals surface area contributed by atoms with Crippen molar-refractivity contribution in [2.24, 2.45) is 5.92 Å². The van der Waals surface area contributed by atoms with Crippen LogP contribution in [0.1, 0.15) is 36.0 Å². The van der Waals surface area contributed by atoms with E-state index in [0.717, 1.165) is 19.3 Å². The minimum absolute atomic E-state index is 0.0275. The van der Waals surface area contributed by atoms with Crippen molar-refractivity contribution in [1.29, 1.82) is 0 Å². The lowest BCUT2D eigenvalue weighted by Crippen LogP contribution is -2.31. The van der Waals surface area contributed by atoms with Gasteiger partial charge in [0.15, 0.2) is 0 Å². The third-order valence-corrected chi connectivity index (χ3v) is 4.18. The van der Waals surface area contributed by atoms with Crippen molar-refractivity contribution in [3.05, 3.63) is 23.9 Å². The monoisotopic (exact) mass is 303 g/mol. The zero-order chi connectivity index (χ0) is 15.5. The molecule has 22 heavy (non-hydrogen) atoms. The first-order chi connectivity index (χ1) is 10.7. The van der Waals surface area contributed by atoms with Gasteiger partial charge in [0, 0.05) is 37.8 Å². The normalized spacial score (nSPS) is 20.8. The summed E-state index contributed by atoms with van der Waals surface area (Å²) in [6.45, 7) is 1.34. The number of carbonyl (C=O) groups is 2. The van der Waals surface area contributed by atoms with E-state index in [1.807, 2.05) is 0 Å². The van der Waals surface area contributed by atoms with Crippen LogP contribution in [-0.4, -0.2) is 47.9 Å². The van der Waals surface area contributed by atoms with Gasteiger partial charge < -0.3 is 15.0 Å². The molecule has 0 aromatic carbocycles. The minimum Gasteiger partial charge on any atom is -0.481 e. The average molecular weight is 303 g/mol. The van der Waals surface area contributed by atoms with Gasteiger partial charge in [0.05, 0.1) is 12.7 Å². The van der Waals surface area contributed by atoms with E-state index < -0.39 is 0 Å². The number of carbonyl (C=O) groups excluding carboxylic acids is 2. The Balaban J connectivity index is 1.52. The standard InChI is InChI=1S/C16H21N3O3/c1-22-15-5-2-12(9-17-15)16(21)19-7-6-11(10-19)8-14(20)18-13-3-4-13/h2,5,9,11,13H,3-4,6-8,10H2,1H3,(H,18,20). The Labute approximate surface area is 129 Å². The molecule has 6 nitrogen and oxygen atoms in total. The first-order valence-corrected chi connectivity index (χ1v) is 7.74. The molecule has 1 saturated heterocycles. The van der Waals surface area contributed by atoms with Crippen molar-refractivity contribution >= 4 is 11.8 Å². The molecule has 0 bridgehead atoms. The van der Waals surface area contributed by atoms with Gasteiger partial charge in [0.2, 0.25) is 11.8 Å². The second-order valence-corrected chi connectivity index (χ2v) is 6.04. The van der Waals surface area contributed by atoms with Crippen LogP contribution in [0.2, 0.25) is 0 Å². The fraction of sp³-hybridized carbons (Fsp3) is 0.562. The van der Waals surface area contributed by atoms with Crippen LogP contribution in [-0.2, 0) is 4.79 Å². The van der Waals surface area contributed by atoms with Gasteiger partial charge in [-0.25, -0.2) is 4.98 Å². The van der Waals surface area contributed by atoms with Crippen LogP contribution >= 0.6 is 0 Å². The number of rotatable bonds is 5. The van der Waals surface area contributed by atoms with Crippen molar-refractivity contribution in [1.82, 2.24) is 15.2 Å². The summed E-state index contributed by atoms with van der Waals surface area (Å²) in [5, 5.41) is 3.00. The van der Waals surface area contributed by atoms with E-state index in [1.165, 1.54) is 6.20 Å². The number of aromatic nitrogens is 1. The summed E-state index contributed by atoms with van der Waals surface area (Å²) in [5.41, 5.74) is 0.559. The van der Waals surface area contributed by atoms with E-state index >= 15 is 0 Å². The van der Waals surface area contributed by atoms with E-state index in [4.69, 9.17) is 4.74 Å². The second kappa shape index (κ2) is 6.34. The number of nitrogens with zero attached hydrogens (tertiary/aromatic N) is 2. The van der Waals surface area contributed by atoms with Crippen molar-refractivity contribution in [3.63, 3.8) is 0 Å². The molecule has 118 valence electrons. The van der Waals surface area contributed by atoms with Gasteiger partial charge in [-0.05, 0) is 31.2 Å². The minimum atomic E-state index is -0.0275. The highest BCUT2D eigenvalue weighted by atomic mass is 16.5. The number of likely N-dealkylation sites (tertiary alicyclic amines) is 1. The number of nitrogens with one attached hydrogen (secondary N) is 1. The van der Waals surface area contributed by atoms with Crippen molar-refractivity contribution in [2.75, 3.05) is 20.2 Å². The molecule has 1 aromatic rings. The van der Waals surface area contributed by atoms with Crippen molar-refractivity contribution in [2.45, 2.75) is 31.7 Å². The second-order valence-electron chi connectivity index (χ2n) is 6.04. The molecule has 2 fully saturated rings. The number of ether oxygens (including phenoxy) is 1. The molecule has 1 aliphatic carbocycles. The molecular weight excluding hydrogens is 282 g/mol. The smallest absolute Gasteiger partial charge is 0.255 e. The predicted molar refractivity (Wildman–Crippen MR) is 80.6 cm³/mol. The van der Waals surface area contributed by atoms with E-state index in [2.05, 4.69) is 10.3 Å². The van der Waals surface area contributed by atoms with E-state index in [0.29, 0.717) is 37.0 Å². The Hall–Kier alpha value is -2.11. The van der Waals surface area contributed by atoms with Crippen LogP contribution in [0.3, 0.4) is 0 Å². The molecule has 2 aliphatic rings. The summed E-state index contributed by atoms with van der Waals surface area (Å²) in [5.74, 6) is 0.842. The Morgan fingerprint density at radius 3 is 2.82 bits per heavy atom. The highest BCUT2D eigenvalue weighted by Crippen LogP contribution is 2.23. The third kappa shape index (κ3) is 3.55. The molecule has 0 spiro atoms. The van der Waals surface area contributed by atoms with Gasteiger partial charge in [-0.15, -0.1) is 0 Å². The lowest BCUT2D eigenvalue weighted by atomic mass is 10.0. The van der Waals surface area contributed by atoms with Crippen molar-refractivity contribution < 1.29 is 14.3 Å². The average Bonchev–Trinajstić information content (AvgIpc) is 3.22. The zero-order valence-corrected chi connectivity index (χ0v) is 12.7. The van der Waals surface area contributed by atoms with Gasteiger partial charge in [-0.1, -0.05) is 0 Å². The number of amides is 2. The topological polar surface area (TPSA) is 71.5 Å². The lowest BCUT2D eigenvalue weighted by molar-refractivity contribution is -0.122. The van der Waals surface area contributed by atoms with Crippen LogP contribution in [0.4, 0.5) is 0 Å². The summed E-state index contributed by atoms with van der Waals surface area (Å²) in [6.07, 6.45) is 5.14. The Kier molecular flexibility index (Phi) is 4.27. The first kappa shape index (κ1) is 14.8. The molecule has 6 heteroatoms. The molecule has 2 heterocycles. The fourth-order valence-corrected chi connectivity index (χ4v) is 2.77. The molecule has 2 amide bonds. The van der Waals surface area contributed by atoms with Gasteiger partial charge in [0.25, 0.3) is 5.91 Å². The maximum Gasteiger partial charge on any atom is 0.255 e. The van der Waals surface area contributed by atoms with Crippen LogP contribution in [0.25, 0.3) is 0 Å². The third-order valence-electron chi connectivity index (χ3n) is 4.18. The maximum atomic E-state index is 12.4. The number of pyridine rings is 1. The fourth-order valence-electron chi connectivity index (χ4n) is 2.77. The van der Waals surface area contributed by atoms with Crippen LogP contribution in [0.15, 0.2) is 18.3 Å². The van der Waals surface area contributed by atoms with E-state index in [1.54, 1.807) is 24.1 Å². The SMILES string of the molecule is COc1ccc(C(=O)N2CCC(CC(=O)NC3CC3)C2)cn1. The number of hydrogen-bond donors (Lipinski definition) is 1. The molecular formula is C16H21N3O3. The van der Waals surface area contributed by atoms with Crippen LogP contribution < -0.4 is 10.1 Å². The van der Waals surface area contributed by atoms with Gasteiger partial charge in [0.1, 0.15) is 0 Å². The zero-order valence-electron chi connectivity index (χ0n) is 12.7. The van der Waals surface area contributed by atoms with Gasteiger partial charge in [-0.2, -0.15) is 0 Å². The molecule has 1 unspecified atom stereocenters. The Bertz CT molecular complexity index is 554. The molecule has 1 aliphatic heterocycles. The maximum absolute atomic E-state index is 12.4. The first-order valence-electron chi connectivity index (χ1n) is 7.74. The molecule has 0 radical (unpaired) electrons. The highest BCUT2D eigenvalue weighted by Gasteiger charge is 2.30. The summed E-state index contributed by atoms with van der Waals surface area (Å²) >= 11 is 0. The highest BCUT2D eigenvalue weighted by molar-refractivity contribution is 5.94. The molecule has 1 atom stereocenters. The summed E-state index contributed by atoms with van der Waals surface area (Å²) < 4.78 is 4.99. The lowest BCUT2D eigenvalue weighted by Gasteiger charge is -2.16. The molecule has 3 rings (SSSR count). The number of hydrogen-bond acceptors (Lipinski definition) is 4. The molecule has 1 saturated carbocycles. The van der Waals surface area contributed by atoms with Crippen LogP contribution in [0, 0.1) is 5.92 Å². The predicted octanol–water partition coefficient (Wildman–Crippen LogP) is 1.22. The largest absolute Gasteiger partial charge is 0.481 e. The van der Waals surface area contributed by atoms with Gasteiger partial charge in [-0.3, -0.25) is 9.59 Å². The van der Waals surface area contributed by atoms with E-state index in [-0.39, 0.29) is 17.7 Å². The Morgan fingerprint density at radius 1 is 1.36 bits per heavy atom. The summed E-state index contributed by atoms with van der Waals surface area (Å²) in [4.78, 5) is 30.1. The molecule has 1 N–H and O–H groups in total. The molecule has 1 aromatic heterocycles. The quantitative estimate of drug-likeness (QED) is 0.888. The Morgan fingerprint density at radius 2 is 2.18 bits per heavy atom. The van der Waals surface area contributed by atoms with Crippen molar-refractivity contribution in [3.8, 4) is 5.88 Å². The number of methoxy groups -OCH3 is 1. The van der Waals surface area contributed by atoms with E-state index in [9.17, 15) is 9.59 Å².